The highest BCUT2D eigenvalue weighted by atomic mass is 16.5. The summed E-state index contributed by atoms with van der Waals surface area (Å²) in [5, 5.41) is 4.74. The molecule has 30 heavy (non-hydrogen) atoms. The van der Waals surface area contributed by atoms with Crippen LogP contribution in [0.4, 0.5) is 0 Å². The Kier molecular flexibility index (Phi) is 7.12. The van der Waals surface area contributed by atoms with Crippen molar-refractivity contribution in [3.8, 4) is 28.6 Å². The molecule has 1 aromatic heterocycles. The number of nitrogens with zero attached hydrogens (tertiary/aromatic N) is 3. The molecule has 0 aliphatic heterocycles. The quantitative estimate of drug-likeness (QED) is 0.499. The van der Waals surface area contributed by atoms with E-state index in [9.17, 15) is 4.79 Å². The molecular formula is C24H29N3O3. The van der Waals surface area contributed by atoms with Crippen LogP contribution in [0.15, 0.2) is 54.6 Å². The average molecular weight is 408 g/mol. The third-order valence-corrected chi connectivity index (χ3v) is 4.91. The maximum Gasteiger partial charge on any atom is 0.223 e. The van der Waals surface area contributed by atoms with Crippen molar-refractivity contribution in [2.45, 2.75) is 33.2 Å². The van der Waals surface area contributed by atoms with E-state index >= 15 is 0 Å². The Hall–Kier alpha value is -3.28. The molecule has 0 N–H and O–H groups in total. The van der Waals surface area contributed by atoms with Crippen LogP contribution in [-0.4, -0.2) is 34.2 Å². The second-order valence-corrected chi connectivity index (χ2v) is 7.04. The van der Waals surface area contributed by atoms with E-state index in [2.05, 4.69) is 6.92 Å². The van der Waals surface area contributed by atoms with Gasteiger partial charge in [-0.15, -0.1) is 0 Å². The molecule has 1 heterocycles. The second-order valence-electron chi connectivity index (χ2n) is 7.04. The first-order chi connectivity index (χ1) is 14.6. The molecule has 0 aliphatic rings. The number of rotatable bonds is 9. The van der Waals surface area contributed by atoms with Crippen LogP contribution in [0.2, 0.25) is 0 Å². The first-order valence-corrected chi connectivity index (χ1v) is 10.3. The normalized spacial score (nSPS) is 10.7. The van der Waals surface area contributed by atoms with E-state index in [1.807, 2.05) is 73.5 Å². The van der Waals surface area contributed by atoms with E-state index in [0.717, 1.165) is 23.2 Å². The third kappa shape index (κ3) is 4.64. The molecule has 0 atom stereocenters. The van der Waals surface area contributed by atoms with Gasteiger partial charge < -0.3 is 14.4 Å². The molecule has 158 valence electrons. The zero-order chi connectivity index (χ0) is 21.5. The van der Waals surface area contributed by atoms with Gasteiger partial charge in [0, 0.05) is 25.6 Å². The lowest BCUT2D eigenvalue weighted by atomic mass is 10.1. The SMILES string of the molecule is CCCN(Cc1c(-c2ccccc2)nn(C)c1Oc1ccccc1OC)C(=O)CC. The summed E-state index contributed by atoms with van der Waals surface area (Å²) in [4.78, 5) is 14.4. The summed E-state index contributed by atoms with van der Waals surface area (Å²) in [6.07, 6.45) is 1.35. The predicted molar refractivity (Wildman–Crippen MR) is 118 cm³/mol. The van der Waals surface area contributed by atoms with E-state index in [1.165, 1.54) is 0 Å². The van der Waals surface area contributed by atoms with Gasteiger partial charge in [-0.1, -0.05) is 56.3 Å². The van der Waals surface area contributed by atoms with Crippen LogP contribution in [0.3, 0.4) is 0 Å². The van der Waals surface area contributed by atoms with Crippen molar-refractivity contribution in [2.75, 3.05) is 13.7 Å². The van der Waals surface area contributed by atoms with Crippen LogP contribution in [0, 0.1) is 0 Å². The van der Waals surface area contributed by atoms with Crippen molar-refractivity contribution in [3.63, 3.8) is 0 Å². The molecule has 0 radical (unpaired) electrons. The fourth-order valence-corrected chi connectivity index (χ4v) is 3.43. The average Bonchev–Trinajstić information content (AvgIpc) is 3.09. The monoisotopic (exact) mass is 407 g/mol. The van der Waals surface area contributed by atoms with Crippen LogP contribution >= 0.6 is 0 Å². The van der Waals surface area contributed by atoms with Crippen LogP contribution in [0.25, 0.3) is 11.3 Å². The number of carbonyl (C=O) groups is 1. The molecule has 3 aromatic rings. The molecule has 6 heteroatoms. The van der Waals surface area contributed by atoms with E-state index in [1.54, 1.807) is 11.8 Å². The van der Waals surface area contributed by atoms with E-state index in [0.29, 0.717) is 36.9 Å². The van der Waals surface area contributed by atoms with E-state index in [4.69, 9.17) is 14.6 Å². The van der Waals surface area contributed by atoms with Crippen LogP contribution < -0.4 is 9.47 Å². The maximum atomic E-state index is 12.6. The highest BCUT2D eigenvalue weighted by Gasteiger charge is 2.24. The van der Waals surface area contributed by atoms with Crippen molar-refractivity contribution in [2.24, 2.45) is 7.05 Å². The summed E-state index contributed by atoms with van der Waals surface area (Å²) >= 11 is 0. The highest BCUT2D eigenvalue weighted by molar-refractivity contribution is 5.76. The smallest absolute Gasteiger partial charge is 0.223 e. The third-order valence-electron chi connectivity index (χ3n) is 4.91. The predicted octanol–water partition coefficient (Wildman–Crippen LogP) is 5.04. The summed E-state index contributed by atoms with van der Waals surface area (Å²) in [7, 11) is 3.47. The van der Waals surface area contributed by atoms with Gasteiger partial charge in [0.25, 0.3) is 0 Å². The number of aromatic nitrogens is 2. The largest absolute Gasteiger partial charge is 0.493 e. The Morgan fingerprint density at radius 2 is 1.70 bits per heavy atom. The molecule has 0 bridgehead atoms. The summed E-state index contributed by atoms with van der Waals surface area (Å²) < 4.78 is 13.5. The summed E-state index contributed by atoms with van der Waals surface area (Å²) in [5.41, 5.74) is 2.68. The topological polar surface area (TPSA) is 56.6 Å². The minimum absolute atomic E-state index is 0.114. The summed E-state index contributed by atoms with van der Waals surface area (Å²) in [5.74, 6) is 1.96. The lowest BCUT2D eigenvalue weighted by molar-refractivity contribution is -0.131. The number of carbonyl (C=O) groups excluding carboxylic acids is 1. The van der Waals surface area contributed by atoms with Gasteiger partial charge in [-0.05, 0) is 18.6 Å². The van der Waals surface area contributed by atoms with Crippen molar-refractivity contribution in [3.05, 3.63) is 60.2 Å². The van der Waals surface area contributed by atoms with Crippen molar-refractivity contribution >= 4 is 5.91 Å². The molecular weight excluding hydrogens is 378 g/mol. The van der Waals surface area contributed by atoms with Crippen molar-refractivity contribution in [1.29, 1.82) is 0 Å². The first kappa shape index (κ1) is 21.4. The number of aryl methyl sites for hydroxylation is 1. The summed E-state index contributed by atoms with van der Waals surface area (Å²) in [6, 6.07) is 17.5. The first-order valence-electron chi connectivity index (χ1n) is 10.3. The standard InChI is InChI=1S/C24H29N3O3/c1-5-16-27(22(28)6-2)17-19-23(18-12-8-7-9-13-18)25-26(3)24(19)30-21-15-11-10-14-20(21)29-4/h7-15H,5-6,16-17H2,1-4H3. The van der Waals surface area contributed by atoms with Crippen LogP contribution in [0.5, 0.6) is 17.4 Å². The van der Waals surface area contributed by atoms with Gasteiger partial charge in [0.1, 0.15) is 5.69 Å². The van der Waals surface area contributed by atoms with Gasteiger partial charge in [-0.2, -0.15) is 5.10 Å². The van der Waals surface area contributed by atoms with E-state index in [-0.39, 0.29) is 5.91 Å². The minimum atomic E-state index is 0.114. The lowest BCUT2D eigenvalue weighted by Crippen LogP contribution is -2.30. The fraction of sp³-hybridized carbons (Fsp3) is 0.333. The van der Waals surface area contributed by atoms with Crippen LogP contribution in [0.1, 0.15) is 32.3 Å². The minimum Gasteiger partial charge on any atom is -0.493 e. The Morgan fingerprint density at radius 1 is 1.03 bits per heavy atom. The Morgan fingerprint density at radius 3 is 2.33 bits per heavy atom. The second kappa shape index (κ2) is 9.96. The fourth-order valence-electron chi connectivity index (χ4n) is 3.43. The zero-order valence-corrected chi connectivity index (χ0v) is 18.1. The van der Waals surface area contributed by atoms with Gasteiger partial charge in [0.05, 0.1) is 19.2 Å². The van der Waals surface area contributed by atoms with Gasteiger partial charge in [-0.3, -0.25) is 4.79 Å². The van der Waals surface area contributed by atoms with Gasteiger partial charge >= 0.3 is 0 Å². The zero-order valence-electron chi connectivity index (χ0n) is 18.1. The van der Waals surface area contributed by atoms with Gasteiger partial charge in [0.15, 0.2) is 11.5 Å². The molecule has 0 saturated carbocycles. The molecule has 1 amide bonds. The van der Waals surface area contributed by atoms with Crippen molar-refractivity contribution in [1.82, 2.24) is 14.7 Å². The van der Waals surface area contributed by atoms with E-state index < -0.39 is 0 Å². The number of benzene rings is 2. The maximum absolute atomic E-state index is 12.6. The number of hydrogen-bond donors (Lipinski definition) is 0. The Balaban J connectivity index is 2.09. The molecule has 0 aliphatic carbocycles. The number of ether oxygens (including phenoxy) is 2. The number of amides is 1. The molecule has 0 saturated heterocycles. The molecule has 0 spiro atoms. The molecule has 0 fully saturated rings. The van der Waals surface area contributed by atoms with Crippen molar-refractivity contribution < 1.29 is 14.3 Å². The Labute approximate surface area is 178 Å². The summed E-state index contributed by atoms with van der Waals surface area (Å²) in [6.45, 7) is 5.08. The molecule has 6 nitrogen and oxygen atoms in total. The molecule has 3 rings (SSSR count). The molecule has 0 unspecified atom stereocenters. The number of hydrogen-bond acceptors (Lipinski definition) is 4. The Bertz CT molecular complexity index is 983. The van der Waals surface area contributed by atoms with Gasteiger partial charge in [0.2, 0.25) is 11.8 Å². The number of methoxy groups -OCH3 is 1. The highest BCUT2D eigenvalue weighted by Crippen LogP contribution is 2.37. The molecule has 2 aromatic carbocycles. The number of para-hydroxylation sites is 2. The van der Waals surface area contributed by atoms with Crippen LogP contribution in [-0.2, 0) is 18.4 Å². The lowest BCUT2D eigenvalue weighted by Gasteiger charge is -2.22. The van der Waals surface area contributed by atoms with Gasteiger partial charge in [-0.25, -0.2) is 4.68 Å².